The van der Waals surface area contributed by atoms with Crippen molar-refractivity contribution in [3.63, 3.8) is 0 Å². The monoisotopic (exact) mass is 476 g/mol. The molecule has 3 atom stereocenters. The SMILES string of the molecule is CC1(C(=O)O)CCCN1C(=O)[C@H]1CCC[C@H]1CNC(=O)OCC1c2ccccc2-c2ccccc21. The first-order valence-electron chi connectivity index (χ1n) is 12.5. The van der Waals surface area contributed by atoms with Gasteiger partial charge in [0.25, 0.3) is 0 Å². The van der Waals surface area contributed by atoms with Crippen molar-refractivity contribution in [2.45, 2.75) is 50.5 Å². The highest BCUT2D eigenvalue weighted by Gasteiger charge is 2.49. The Morgan fingerprint density at radius 1 is 1.03 bits per heavy atom. The molecular weight excluding hydrogens is 444 g/mol. The van der Waals surface area contributed by atoms with Crippen molar-refractivity contribution in [1.82, 2.24) is 10.2 Å². The van der Waals surface area contributed by atoms with Gasteiger partial charge >= 0.3 is 12.1 Å². The van der Waals surface area contributed by atoms with Crippen molar-refractivity contribution < 1.29 is 24.2 Å². The fourth-order valence-electron chi connectivity index (χ4n) is 6.21. The summed E-state index contributed by atoms with van der Waals surface area (Å²) in [5.74, 6) is -1.32. The summed E-state index contributed by atoms with van der Waals surface area (Å²) in [6.45, 7) is 2.71. The summed E-state index contributed by atoms with van der Waals surface area (Å²) >= 11 is 0. The molecule has 184 valence electrons. The Kier molecular flexibility index (Phi) is 6.26. The van der Waals surface area contributed by atoms with Gasteiger partial charge in [0.2, 0.25) is 5.91 Å². The first-order valence-corrected chi connectivity index (χ1v) is 12.5. The normalized spacial score (nSPS) is 25.2. The molecule has 7 heteroatoms. The van der Waals surface area contributed by atoms with E-state index in [0.29, 0.717) is 25.9 Å². The highest BCUT2D eigenvalue weighted by molar-refractivity contribution is 5.89. The second-order valence-electron chi connectivity index (χ2n) is 10.2. The Morgan fingerprint density at radius 3 is 2.34 bits per heavy atom. The number of likely N-dealkylation sites (tertiary alicyclic amines) is 1. The van der Waals surface area contributed by atoms with Crippen LogP contribution in [0.15, 0.2) is 48.5 Å². The lowest BCUT2D eigenvalue weighted by Crippen LogP contribution is -2.53. The number of amides is 2. The zero-order valence-electron chi connectivity index (χ0n) is 20.0. The third-order valence-electron chi connectivity index (χ3n) is 8.20. The number of alkyl carbamates (subject to hydrolysis) is 1. The number of benzene rings is 2. The van der Waals surface area contributed by atoms with Crippen LogP contribution in [-0.2, 0) is 14.3 Å². The van der Waals surface area contributed by atoms with Crippen LogP contribution in [0.5, 0.6) is 0 Å². The number of hydrogen-bond donors (Lipinski definition) is 2. The Morgan fingerprint density at radius 2 is 1.69 bits per heavy atom. The van der Waals surface area contributed by atoms with E-state index in [1.807, 2.05) is 24.3 Å². The van der Waals surface area contributed by atoms with Crippen LogP contribution in [0.25, 0.3) is 11.1 Å². The van der Waals surface area contributed by atoms with Crippen molar-refractivity contribution >= 4 is 18.0 Å². The second-order valence-corrected chi connectivity index (χ2v) is 10.2. The molecule has 0 radical (unpaired) electrons. The molecule has 1 heterocycles. The molecule has 1 unspecified atom stereocenters. The molecule has 2 fully saturated rings. The number of carbonyl (C=O) groups is 3. The lowest BCUT2D eigenvalue weighted by molar-refractivity contribution is -0.157. The van der Waals surface area contributed by atoms with Gasteiger partial charge in [0.15, 0.2) is 0 Å². The molecule has 0 bridgehead atoms. The maximum Gasteiger partial charge on any atom is 0.407 e. The summed E-state index contributed by atoms with van der Waals surface area (Å²) < 4.78 is 5.64. The molecule has 2 N–H and O–H groups in total. The van der Waals surface area contributed by atoms with E-state index in [4.69, 9.17) is 4.74 Å². The smallest absolute Gasteiger partial charge is 0.407 e. The van der Waals surface area contributed by atoms with Crippen LogP contribution in [0.2, 0.25) is 0 Å². The van der Waals surface area contributed by atoms with Crippen LogP contribution >= 0.6 is 0 Å². The Balaban J connectivity index is 1.18. The number of nitrogens with zero attached hydrogens (tertiary/aromatic N) is 1. The van der Waals surface area contributed by atoms with Gasteiger partial charge in [0.05, 0.1) is 0 Å². The van der Waals surface area contributed by atoms with E-state index in [1.165, 1.54) is 11.1 Å². The lowest BCUT2D eigenvalue weighted by atomic mass is 9.92. The minimum absolute atomic E-state index is 0.00202. The number of aliphatic carboxylic acids is 1. The van der Waals surface area contributed by atoms with Crippen LogP contribution in [0.1, 0.15) is 56.1 Å². The first-order chi connectivity index (χ1) is 16.9. The molecule has 1 aliphatic heterocycles. The van der Waals surface area contributed by atoms with E-state index >= 15 is 0 Å². The molecule has 3 aliphatic rings. The largest absolute Gasteiger partial charge is 0.480 e. The van der Waals surface area contributed by atoms with Gasteiger partial charge in [-0.05, 0) is 60.8 Å². The number of carboxylic acid groups (broad SMARTS) is 1. The minimum Gasteiger partial charge on any atom is -0.480 e. The fourth-order valence-corrected chi connectivity index (χ4v) is 6.21. The average Bonchev–Trinajstić information content (AvgIpc) is 3.57. The predicted octanol–water partition coefficient (Wildman–Crippen LogP) is 4.41. The van der Waals surface area contributed by atoms with Gasteiger partial charge in [-0.25, -0.2) is 9.59 Å². The second kappa shape index (κ2) is 9.36. The summed E-state index contributed by atoms with van der Waals surface area (Å²) in [5.41, 5.74) is 3.55. The molecule has 2 amide bonds. The van der Waals surface area contributed by atoms with Crippen LogP contribution < -0.4 is 5.32 Å². The number of hydrogen-bond acceptors (Lipinski definition) is 4. The van der Waals surface area contributed by atoms with E-state index in [2.05, 4.69) is 29.6 Å². The average molecular weight is 477 g/mol. The number of nitrogens with one attached hydrogen (secondary N) is 1. The topological polar surface area (TPSA) is 95.9 Å². The van der Waals surface area contributed by atoms with Crippen molar-refractivity contribution in [1.29, 1.82) is 0 Å². The van der Waals surface area contributed by atoms with E-state index in [9.17, 15) is 19.5 Å². The Hall–Kier alpha value is -3.35. The molecule has 2 aromatic rings. The molecule has 5 rings (SSSR count). The lowest BCUT2D eigenvalue weighted by Gasteiger charge is -2.34. The molecule has 2 aliphatic carbocycles. The summed E-state index contributed by atoms with van der Waals surface area (Å²) in [4.78, 5) is 39.2. The number of ether oxygens (including phenoxy) is 1. The molecule has 1 saturated heterocycles. The summed E-state index contributed by atoms with van der Waals surface area (Å²) in [5, 5.41) is 12.5. The van der Waals surface area contributed by atoms with Crippen molar-refractivity contribution in [3.05, 3.63) is 59.7 Å². The molecular formula is C28H32N2O5. The van der Waals surface area contributed by atoms with Gasteiger partial charge in [-0.3, -0.25) is 4.79 Å². The fraction of sp³-hybridized carbons (Fsp3) is 0.464. The summed E-state index contributed by atoms with van der Waals surface area (Å²) in [6.07, 6.45) is 3.14. The number of carbonyl (C=O) groups excluding carboxylic acids is 2. The minimum atomic E-state index is -1.13. The molecule has 35 heavy (non-hydrogen) atoms. The predicted molar refractivity (Wildman–Crippen MR) is 131 cm³/mol. The Labute approximate surface area is 205 Å². The molecule has 2 aromatic carbocycles. The van der Waals surface area contributed by atoms with Gasteiger partial charge in [0, 0.05) is 24.9 Å². The van der Waals surface area contributed by atoms with E-state index in [0.717, 1.165) is 30.4 Å². The van der Waals surface area contributed by atoms with Crippen LogP contribution in [0, 0.1) is 11.8 Å². The van der Waals surface area contributed by atoms with Gasteiger partial charge in [-0.1, -0.05) is 55.0 Å². The molecule has 0 aromatic heterocycles. The van der Waals surface area contributed by atoms with Gasteiger partial charge < -0.3 is 20.1 Å². The third kappa shape index (κ3) is 4.17. The van der Waals surface area contributed by atoms with E-state index in [-0.39, 0.29) is 30.3 Å². The number of fused-ring (bicyclic) bond motifs is 3. The molecule has 0 spiro atoms. The maximum atomic E-state index is 13.3. The van der Waals surface area contributed by atoms with Crippen LogP contribution in [0.4, 0.5) is 4.79 Å². The zero-order valence-corrected chi connectivity index (χ0v) is 20.0. The van der Waals surface area contributed by atoms with Gasteiger partial charge in [-0.15, -0.1) is 0 Å². The third-order valence-corrected chi connectivity index (χ3v) is 8.20. The number of carboxylic acids is 1. The Bertz CT molecular complexity index is 1100. The van der Waals surface area contributed by atoms with Gasteiger partial charge in [-0.2, -0.15) is 0 Å². The first kappa shape index (κ1) is 23.4. The van der Waals surface area contributed by atoms with Crippen molar-refractivity contribution in [2.24, 2.45) is 11.8 Å². The van der Waals surface area contributed by atoms with Crippen LogP contribution in [-0.4, -0.2) is 53.2 Å². The standard InChI is InChI=1S/C28H32N2O5/c1-28(26(32)33)14-7-15-30(28)25(31)19-13-6-8-18(19)16-29-27(34)35-17-24-22-11-4-2-9-20(22)21-10-3-5-12-23(21)24/h2-5,9-12,18-19,24H,6-8,13-17H2,1H3,(H,29,34)(H,32,33)/t18-,19-,28?/m0/s1. The highest BCUT2D eigenvalue weighted by Crippen LogP contribution is 2.44. The van der Waals surface area contributed by atoms with E-state index in [1.54, 1.807) is 11.8 Å². The van der Waals surface area contributed by atoms with Crippen LogP contribution in [0.3, 0.4) is 0 Å². The summed E-state index contributed by atoms with van der Waals surface area (Å²) in [6, 6.07) is 16.4. The van der Waals surface area contributed by atoms with Crippen molar-refractivity contribution in [2.75, 3.05) is 19.7 Å². The molecule has 7 nitrogen and oxygen atoms in total. The van der Waals surface area contributed by atoms with Gasteiger partial charge in [0.1, 0.15) is 12.1 Å². The zero-order chi connectivity index (χ0) is 24.6. The summed E-state index contributed by atoms with van der Waals surface area (Å²) in [7, 11) is 0. The quantitative estimate of drug-likeness (QED) is 0.644. The van der Waals surface area contributed by atoms with Crippen molar-refractivity contribution in [3.8, 4) is 11.1 Å². The van der Waals surface area contributed by atoms with E-state index < -0.39 is 17.6 Å². The molecule has 1 saturated carbocycles. The highest BCUT2D eigenvalue weighted by atomic mass is 16.5. The maximum absolute atomic E-state index is 13.3. The number of rotatable bonds is 6.